The minimum absolute atomic E-state index is 0.154. The van der Waals surface area contributed by atoms with Crippen LogP contribution in [0.1, 0.15) is 41.1 Å². The highest BCUT2D eigenvalue weighted by Crippen LogP contribution is 2.37. The van der Waals surface area contributed by atoms with Gasteiger partial charge in [-0.15, -0.1) is 0 Å². The van der Waals surface area contributed by atoms with E-state index in [-0.39, 0.29) is 5.78 Å². The molecule has 90 valence electrons. The molecule has 0 saturated heterocycles. The number of carbonyl (C=O) groups is 1. The van der Waals surface area contributed by atoms with Crippen molar-refractivity contribution in [3.63, 3.8) is 0 Å². The van der Waals surface area contributed by atoms with Crippen LogP contribution in [0.5, 0.6) is 0 Å². The molecule has 1 aromatic carbocycles. The molecule has 3 heteroatoms. The van der Waals surface area contributed by atoms with Crippen LogP contribution in [-0.4, -0.2) is 15.3 Å². The summed E-state index contributed by atoms with van der Waals surface area (Å²) in [4.78, 5) is 17.2. The lowest BCUT2D eigenvalue weighted by molar-refractivity contribution is 0.103. The second-order valence-corrected chi connectivity index (χ2v) is 5.06. The second-order valence-electron chi connectivity index (χ2n) is 5.06. The quantitative estimate of drug-likeness (QED) is 0.603. The lowest BCUT2D eigenvalue weighted by Gasteiger charge is -2.05. The van der Waals surface area contributed by atoms with E-state index in [1.165, 1.54) is 12.8 Å². The molecule has 0 radical (unpaired) electrons. The average Bonchev–Trinajstić information content (AvgIpc) is 2.78. The molecule has 0 N–H and O–H groups in total. The van der Waals surface area contributed by atoms with Gasteiger partial charge in [-0.1, -0.05) is 30.7 Å². The highest BCUT2D eigenvalue weighted by molar-refractivity contribution is 6.20. The molecule has 0 bridgehead atoms. The zero-order chi connectivity index (χ0) is 12.1. The minimum Gasteiger partial charge on any atom is -0.325 e. The fourth-order valence-electron chi connectivity index (χ4n) is 3.09. The first-order chi connectivity index (χ1) is 8.86. The number of aromatic nitrogens is 2. The summed E-state index contributed by atoms with van der Waals surface area (Å²) < 4.78 is 2.16. The Labute approximate surface area is 105 Å². The van der Waals surface area contributed by atoms with Gasteiger partial charge in [-0.25, -0.2) is 4.98 Å². The number of hydrogen-bond donors (Lipinski definition) is 0. The fourth-order valence-corrected chi connectivity index (χ4v) is 3.09. The third kappa shape index (κ3) is 1.19. The van der Waals surface area contributed by atoms with Crippen molar-refractivity contribution < 1.29 is 4.79 Å². The van der Waals surface area contributed by atoms with Gasteiger partial charge < -0.3 is 4.57 Å². The number of rotatable bonds is 0. The average molecular weight is 238 g/mol. The topological polar surface area (TPSA) is 34.9 Å². The Hall–Kier alpha value is -1.90. The van der Waals surface area contributed by atoms with Crippen molar-refractivity contribution in [1.82, 2.24) is 9.55 Å². The maximum Gasteiger partial charge on any atom is 0.212 e. The van der Waals surface area contributed by atoms with E-state index in [1.807, 2.05) is 24.3 Å². The van der Waals surface area contributed by atoms with Gasteiger partial charge in [-0.2, -0.15) is 0 Å². The summed E-state index contributed by atoms with van der Waals surface area (Å²) in [5, 5.41) is 0. The van der Waals surface area contributed by atoms with Crippen LogP contribution in [-0.2, 0) is 13.0 Å². The first kappa shape index (κ1) is 10.1. The molecular weight excluding hydrogens is 224 g/mol. The van der Waals surface area contributed by atoms with Crippen LogP contribution >= 0.6 is 0 Å². The van der Waals surface area contributed by atoms with E-state index in [4.69, 9.17) is 4.98 Å². The number of hydrogen-bond acceptors (Lipinski definition) is 2. The van der Waals surface area contributed by atoms with Gasteiger partial charge in [-0.05, 0) is 12.8 Å². The molecule has 2 aromatic rings. The van der Waals surface area contributed by atoms with Crippen molar-refractivity contribution >= 4 is 5.78 Å². The summed E-state index contributed by atoms with van der Waals surface area (Å²) in [7, 11) is 0. The summed E-state index contributed by atoms with van der Waals surface area (Å²) in [6.45, 7) is 0.942. The minimum atomic E-state index is 0.154. The lowest BCUT2D eigenvalue weighted by Crippen LogP contribution is -2.09. The van der Waals surface area contributed by atoms with Crippen molar-refractivity contribution in [1.29, 1.82) is 0 Å². The molecule has 0 unspecified atom stereocenters. The van der Waals surface area contributed by atoms with Crippen molar-refractivity contribution in [2.75, 3.05) is 0 Å². The van der Waals surface area contributed by atoms with Crippen molar-refractivity contribution in [3.8, 4) is 11.3 Å². The molecule has 1 aliphatic carbocycles. The monoisotopic (exact) mass is 238 g/mol. The summed E-state index contributed by atoms with van der Waals surface area (Å²) in [6.07, 6.45) is 4.58. The van der Waals surface area contributed by atoms with Gasteiger partial charge >= 0.3 is 0 Å². The molecule has 18 heavy (non-hydrogen) atoms. The highest BCUT2D eigenvalue weighted by atomic mass is 16.1. The second kappa shape index (κ2) is 3.55. The van der Waals surface area contributed by atoms with Crippen molar-refractivity contribution in [2.45, 2.75) is 32.2 Å². The number of benzene rings is 1. The molecule has 0 spiro atoms. The largest absolute Gasteiger partial charge is 0.325 e. The summed E-state index contributed by atoms with van der Waals surface area (Å²) >= 11 is 0. The summed E-state index contributed by atoms with van der Waals surface area (Å²) in [6, 6.07) is 7.81. The molecule has 4 rings (SSSR count). The molecule has 0 amide bonds. The van der Waals surface area contributed by atoms with E-state index in [1.54, 1.807) is 0 Å². The van der Waals surface area contributed by atoms with Crippen LogP contribution < -0.4 is 0 Å². The Bertz CT molecular complexity index is 655. The molecule has 0 saturated carbocycles. The summed E-state index contributed by atoms with van der Waals surface area (Å²) in [5.41, 5.74) is 3.56. The van der Waals surface area contributed by atoms with Crippen molar-refractivity contribution in [3.05, 3.63) is 41.3 Å². The molecule has 1 aromatic heterocycles. The predicted molar refractivity (Wildman–Crippen MR) is 68.7 cm³/mol. The Balaban J connectivity index is 1.98. The number of aryl methyl sites for hydroxylation is 1. The van der Waals surface area contributed by atoms with Gasteiger partial charge in [-0.3, -0.25) is 4.79 Å². The molecule has 0 fully saturated rings. The molecule has 3 nitrogen and oxygen atoms in total. The van der Waals surface area contributed by atoms with E-state index in [9.17, 15) is 4.79 Å². The molecule has 2 aliphatic rings. The maximum absolute atomic E-state index is 12.5. The van der Waals surface area contributed by atoms with Crippen LogP contribution in [0.15, 0.2) is 24.3 Å². The van der Waals surface area contributed by atoms with Gasteiger partial charge in [0.25, 0.3) is 0 Å². The molecule has 0 atom stereocenters. The van der Waals surface area contributed by atoms with Crippen LogP contribution in [0, 0.1) is 0 Å². The van der Waals surface area contributed by atoms with E-state index in [2.05, 4.69) is 4.57 Å². The number of carbonyl (C=O) groups excluding carboxylic acids is 1. The smallest absolute Gasteiger partial charge is 0.212 e. The Morgan fingerprint density at radius 3 is 2.78 bits per heavy atom. The number of imidazole rings is 1. The first-order valence-corrected chi connectivity index (χ1v) is 6.60. The van der Waals surface area contributed by atoms with E-state index >= 15 is 0 Å². The van der Waals surface area contributed by atoms with Gasteiger partial charge in [0.1, 0.15) is 17.2 Å². The Morgan fingerprint density at radius 1 is 1.06 bits per heavy atom. The Kier molecular flexibility index (Phi) is 1.98. The Morgan fingerprint density at radius 2 is 1.89 bits per heavy atom. The zero-order valence-corrected chi connectivity index (χ0v) is 10.1. The fraction of sp³-hybridized carbons (Fsp3) is 0.333. The maximum atomic E-state index is 12.5. The number of fused-ring (bicyclic) bond motifs is 5. The number of nitrogens with zero attached hydrogens (tertiary/aromatic N) is 2. The predicted octanol–water partition coefficient (Wildman–Crippen LogP) is 2.82. The van der Waals surface area contributed by atoms with Crippen LogP contribution in [0.3, 0.4) is 0 Å². The van der Waals surface area contributed by atoms with Crippen molar-refractivity contribution in [2.24, 2.45) is 0 Å². The van der Waals surface area contributed by atoms with Crippen LogP contribution in [0.4, 0.5) is 0 Å². The summed E-state index contributed by atoms with van der Waals surface area (Å²) in [5.74, 6) is 1.25. The van der Waals surface area contributed by atoms with E-state index in [0.29, 0.717) is 0 Å². The molecule has 2 heterocycles. The van der Waals surface area contributed by atoms with Gasteiger partial charge in [0, 0.05) is 24.1 Å². The number of ketones is 1. The van der Waals surface area contributed by atoms with Crippen LogP contribution in [0.2, 0.25) is 0 Å². The third-order valence-electron chi connectivity index (χ3n) is 3.97. The van der Waals surface area contributed by atoms with Crippen LogP contribution in [0.25, 0.3) is 11.3 Å². The SMILES string of the molecule is O=C1c2ccccc2-c2nc3n(c21)CCCCC3. The van der Waals surface area contributed by atoms with E-state index in [0.717, 1.165) is 47.7 Å². The first-order valence-electron chi connectivity index (χ1n) is 6.60. The lowest BCUT2D eigenvalue weighted by atomic mass is 10.1. The van der Waals surface area contributed by atoms with Gasteiger partial charge in [0.05, 0.1) is 0 Å². The van der Waals surface area contributed by atoms with Gasteiger partial charge in [0.2, 0.25) is 5.78 Å². The normalized spacial score (nSPS) is 17.0. The van der Waals surface area contributed by atoms with E-state index < -0.39 is 0 Å². The molecule has 1 aliphatic heterocycles. The third-order valence-corrected chi connectivity index (χ3v) is 3.97. The van der Waals surface area contributed by atoms with Gasteiger partial charge in [0.15, 0.2) is 0 Å². The highest BCUT2D eigenvalue weighted by Gasteiger charge is 2.33. The standard InChI is InChI=1S/C15H14N2O/c18-15-11-7-4-3-6-10(11)13-14(15)17-9-5-1-2-8-12(17)16-13/h3-4,6-7H,1-2,5,8-9H2. The zero-order valence-electron chi connectivity index (χ0n) is 10.1. The molecular formula is C15H14N2O.